The molecular weight excluding hydrogens is 579 g/mol. The summed E-state index contributed by atoms with van der Waals surface area (Å²) in [7, 11) is 0. The Balaban J connectivity index is 1.09. The average molecular weight is 609 g/mol. The van der Waals surface area contributed by atoms with Crippen LogP contribution >= 0.6 is 34.8 Å². The van der Waals surface area contributed by atoms with Crippen LogP contribution in [0.15, 0.2) is 48.7 Å². The molecule has 2 aliphatic rings. The summed E-state index contributed by atoms with van der Waals surface area (Å²) >= 11 is 18.6. The predicted octanol–water partition coefficient (Wildman–Crippen LogP) is 6.04. The Morgan fingerprint density at radius 2 is 1.65 bits per heavy atom. The summed E-state index contributed by atoms with van der Waals surface area (Å²) in [6, 6.07) is 11.1. The van der Waals surface area contributed by atoms with Crippen LogP contribution in [0.1, 0.15) is 34.3 Å². The number of halogens is 5. The van der Waals surface area contributed by atoms with Crippen LogP contribution in [0.4, 0.5) is 14.6 Å². The Labute approximate surface area is 247 Å². The van der Waals surface area contributed by atoms with E-state index in [1.54, 1.807) is 30.5 Å². The summed E-state index contributed by atoms with van der Waals surface area (Å²) in [4.78, 5) is 24.1. The number of carbonyl (C=O) groups excluding carboxylic acids is 1. The van der Waals surface area contributed by atoms with E-state index in [4.69, 9.17) is 34.8 Å². The van der Waals surface area contributed by atoms with Gasteiger partial charge in [0.05, 0.1) is 20.6 Å². The summed E-state index contributed by atoms with van der Waals surface area (Å²) in [5.74, 6) is -0.625. The normalized spacial score (nSPS) is 17.3. The minimum absolute atomic E-state index is 0.273. The molecule has 11 heteroatoms. The quantitative estimate of drug-likeness (QED) is 0.355. The fraction of sp³-hybridized carbons (Fsp3) is 0.379. The molecule has 5 rings (SSSR count). The van der Waals surface area contributed by atoms with Crippen LogP contribution < -0.4 is 10.2 Å². The first kappa shape index (κ1) is 29.0. The fourth-order valence-corrected chi connectivity index (χ4v) is 5.96. The number of aromatic nitrogens is 1. The van der Waals surface area contributed by atoms with Crippen molar-refractivity contribution in [3.05, 3.63) is 92.1 Å². The molecule has 0 aliphatic carbocycles. The van der Waals surface area contributed by atoms with Crippen molar-refractivity contribution in [3.63, 3.8) is 0 Å². The monoisotopic (exact) mass is 607 g/mol. The number of pyridine rings is 1. The number of piperidine rings is 1. The second-order valence-electron chi connectivity index (χ2n) is 10.2. The molecule has 0 unspecified atom stereocenters. The number of piperazine rings is 1. The largest absolute Gasteiger partial charge is 0.353 e. The highest BCUT2D eigenvalue weighted by Gasteiger charge is 2.29. The van der Waals surface area contributed by atoms with Gasteiger partial charge in [0.15, 0.2) is 0 Å². The standard InChI is InChI=1S/C29H30Cl3F2N5O/c30-24-4-1-19(13-25(24)31)16-36-29(40)21-14-26(32)28(35-17-21)39-11-9-38(10-12-39)23-5-7-37(8-6-23)18-20-2-3-22(33)15-27(20)34/h1-4,13-15,17,23H,5-12,16,18H2,(H,36,40). The minimum Gasteiger partial charge on any atom is -0.353 e. The van der Waals surface area contributed by atoms with Gasteiger partial charge in [0.1, 0.15) is 17.5 Å². The highest BCUT2D eigenvalue weighted by molar-refractivity contribution is 6.42. The van der Waals surface area contributed by atoms with Crippen LogP contribution in [-0.2, 0) is 13.1 Å². The number of nitrogens with zero attached hydrogens (tertiary/aromatic N) is 4. The lowest BCUT2D eigenvalue weighted by atomic mass is 10.0. The number of anilines is 1. The molecule has 0 atom stereocenters. The molecule has 1 N–H and O–H groups in total. The van der Waals surface area contributed by atoms with E-state index in [-0.39, 0.29) is 5.91 Å². The van der Waals surface area contributed by atoms with Gasteiger partial charge in [-0.25, -0.2) is 13.8 Å². The van der Waals surface area contributed by atoms with Gasteiger partial charge in [0.2, 0.25) is 0 Å². The SMILES string of the molecule is O=C(NCc1ccc(Cl)c(Cl)c1)c1cnc(N2CCN(C3CCN(Cc4ccc(F)cc4F)CC3)CC2)c(Cl)c1. The molecule has 6 nitrogen and oxygen atoms in total. The smallest absolute Gasteiger partial charge is 0.253 e. The third-order valence-electron chi connectivity index (χ3n) is 7.62. The Morgan fingerprint density at radius 1 is 0.900 bits per heavy atom. The number of rotatable bonds is 7. The Bertz CT molecular complexity index is 1360. The molecule has 0 saturated carbocycles. The van der Waals surface area contributed by atoms with E-state index in [1.165, 1.54) is 12.1 Å². The van der Waals surface area contributed by atoms with Gasteiger partial charge in [0, 0.05) is 63.1 Å². The molecule has 0 spiro atoms. The highest BCUT2D eigenvalue weighted by atomic mass is 35.5. The molecule has 212 valence electrons. The maximum atomic E-state index is 14.0. The second kappa shape index (κ2) is 13.0. The van der Waals surface area contributed by atoms with Crippen molar-refractivity contribution in [2.24, 2.45) is 0 Å². The molecule has 0 bridgehead atoms. The number of amides is 1. The fourth-order valence-electron chi connectivity index (χ4n) is 5.35. The van der Waals surface area contributed by atoms with Gasteiger partial charge in [-0.1, -0.05) is 46.9 Å². The average Bonchev–Trinajstić information content (AvgIpc) is 2.95. The Kier molecular flexibility index (Phi) is 9.43. The number of likely N-dealkylation sites (tertiary alicyclic amines) is 1. The zero-order valence-electron chi connectivity index (χ0n) is 21.9. The van der Waals surface area contributed by atoms with E-state index >= 15 is 0 Å². The number of hydrogen-bond donors (Lipinski definition) is 1. The molecule has 1 amide bonds. The first-order chi connectivity index (χ1) is 19.3. The van der Waals surface area contributed by atoms with Crippen LogP contribution in [0.2, 0.25) is 15.1 Å². The third kappa shape index (κ3) is 7.04. The Morgan fingerprint density at radius 3 is 2.33 bits per heavy atom. The van der Waals surface area contributed by atoms with Crippen molar-refractivity contribution in [2.75, 3.05) is 44.2 Å². The van der Waals surface area contributed by atoms with Crippen LogP contribution in [0.25, 0.3) is 0 Å². The van der Waals surface area contributed by atoms with E-state index in [2.05, 4.69) is 25.0 Å². The summed E-state index contributed by atoms with van der Waals surface area (Å²) < 4.78 is 27.2. The van der Waals surface area contributed by atoms with E-state index < -0.39 is 11.6 Å². The topological polar surface area (TPSA) is 51.7 Å². The Hall–Kier alpha value is -2.49. The maximum absolute atomic E-state index is 14.0. The number of nitrogens with one attached hydrogen (secondary N) is 1. The summed E-state index contributed by atoms with van der Waals surface area (Å²) in [5.41, 5.74) is 1.76. The summed E-state index contributed by atoms with van der Waals surface area (Å²) in [5, 5.41) is 4.20. The van der Waals surface area contributed by atoms with E-state index in [0.717, 1.165) is 63.7 Å². The number of carbonyl (C=O) groups is 1. The molecule has 0 radical (unpaired) electrons. The second-order valence-corrected chi connectivity index (χ2v) is 11.4. The molecule has 2 aliphatic heterocycles. The molecule has 40 heavy (non-hydrogen) atoms. The van der Waals surface area contributed by atoms with Crippen molar-refractivity contribution < 1.29 is 13.6 Å². The van der Waals surface area contributed by atoms with Gasteiger partial charge < -0.3 is 10.2 Å². The maximum Gasteiger partial charge on any atom is 0.253 e. The van der Waals surface area contributed by atoms with E-state index in [9.17, 15) is 13.6 Å². The predicted molar refractivity (Wildman–Crippen MR) is 155 cm³/mol. The zero-order chi connectivity index (χ0) is 28.2. The van der Waals surface area contributed by atoms with Gasteiger partial charge in [0.25, 0.3) is 5.91 Å². The molecule has 1 aromatic heterocycles. The van der Waals surface area contributed by atoms with Gasteiger partial charge in [-0.05, 0) is 55.8 Å². The van der Waals surface area contributed by atoms with Gasteiger partial charge in [-0.2, -0.15) is 0 Å². The lowest BCUT2D eigenvalue weighted by molar-refractivity contribution is 0.0950. The van der Waals surface area contributed by atoms with Crippen molar-refractivity contribution >= 4 is 46.5 Å². The van der Waals surface area contributed by atoms with Crippen LogP contribution in [0, 0.1) is 11.6 Å². The van der Waals surface area contributed by atoms with Gasteiger partial charge in [-0.3, -0.25) is 14.6 Å². The molecule has 2 saturated heterocycles. The number of hydrogen-bond acceptors (Lipinski definition) is 5. The first-order valence-corrected chi connectivity index (χ1v) is 14.4. The molecular formula is C29H30Cl3F2N5O. The zero-order valence-corrected chi connectivity index (χ0v) is 24.1. The lowest BCUT2D eigenvalue weighted by Crippen LogP contribution is -2.53. The summed E-state index contributed by atoms with van der Waals surface area (Å²) in [6.45, 7) is 5.92. The lowest BCUT2D eigenvalue weighted by Gasteiger charge is -2.43. The van der Waals surface area contributed by atoms with Gasteiger partial charge in [-0.15, -0.1) is 0 Å². The van der Waals surface area contributed by atoms with Crippen LogP contribution in [-0.4, -0.2) is 66.0 Å². The molecule has 2 fully saturated rings. The molecule has 2 aromatic carbocycles. The highest BCUT2D eigenvalue weighted by Crippen LogP contribution is 2.27. The number of benzene rings is 2. The molecule has 3 aromatic rings. The van der Waals surface area contributed by atoms with Gasteiger partial charge >= 0.3 is 0 Å². The summed E-state index contributed by atoms with van der Waals surface area (Å²) in [6.07, 6.45) is 3.57. The first-order valence-electron chi connectivity index (χ1n) is 13.3. The van der Waals surface area contributed by atoms with Crippen molar-refractivity contribution in [3.8, 4) is 0 Å². The van der Waals surface area contributed by atoms with Crippen molar-refractivity contribution in [1.29, 1.82) is 0 Å². The third-order valence-corrected chi connectivity index (χ3v) is 8.63. The molecule has 3 heterocycles. The van der Waals surface area contributed by atoms with Crippen molar-refractivity contribution in [2.45, 2.75) is 32.0 Å². The van der Waals surface area contributed by atoms with E-state index in [1.807, 2.05) is 0 Å². The van der Waals surface area contributed by atoms with Crippen LogP contribution in [0.3, 0.4) is 0 Å². The van der Waals surface area contributed by atoms with Crippen LogP contribution in [0.5, 0.6) is 0 Å². The minimum atomic E-state index is -0.548. The van der Waals surface area contributed by atoms with Crippen molar-refractivity contribution in [1.82, 2.24) is 20.1 Å². The van der Waals surface area contributed by atoms with E-state index in [0.29, 0.717) is 51.1 Å².